The zero-order valence-electron chi connectivity index (χ0n) is 12.7. The number of nitrogens with zero attached hydrogens (tertiary/aromatic N) is 3. The summed E-state index contributed by atoms with van der Waals surface area (Å²) in [4.78, 5) is 0. The molecule has 1 aromatic heterocycles. The van der Waals surface area contributed by atoms with Crippen molar-refractivity contribution >= 4 is 0 Å². The zero-order valence-corrected chi connectivity index (χ0v) is 15.0. The molecule has 0 aliphatic heterocycles. The molecular formula is C18H16N3Pt-. The fourth-order valence-electron chi connectivity index (χ4n) is 3.26. The smallest absolute Gasteiger partial charge is 0.0305 e. The van der Waals surface area contributed by atoms with Crippen molar-refractivity contribution in [1.82, 2.24) is 15.0 Å². The van der Waals surface area contributed by atoms with Crippen molar-refractivity contribution in [1.29, 1.82) is 0 Å². The maximum Gasteiger partial charge on any atom is 0.0305 e. The molecule has 1 heterocycles. The van der Waals surface area contributed by atoms with Gasteiger partial charge in [-0.2, -0.15) is 5.10 Å². The van der Waals surface area contributed by atoms with Crippen LogP contribution in [-0.2, 0) is 33.5 Å². The SMILES string of the molecule is Cn1cc(-c2[c-]cc3c(c2)C(C)(C)c2ccccc2-3)nn1.[Pt]. The summed E-state index contributed by atoms with van der Waals surface area (Å²) < 4.78 is 1.72. The van der Waals surface area contributed by atoms with Gasteiger partial charge in [0, 0.05) is 40.0 Å². The number of aromatic nitrogens is 3. The number of benzene rings is 2. The van der Waals surface area contributed by atoms with E-state index in [4.69, 9.17) is 0 Å². The minimum absolute atomic E-state index is 0. The normalized spacial score (nSPS) is 14.1. The Balaban J connectivity index is 0.00000144. The van der Waals surface area contributed by atoms with Gasteiger partial charge >= 0.3 is 0 Å². The van der Waals surface area contributed by atoms with Crippen molar-refractivity contribution in [3.63, 3.8) is 0 Å². The van der Waals surface area contributed by atoms with Gasteiger partial charge in [0.15, 0.2) is 0 Å². The van der Waals surface area contributed by atoms with Crippen LogP contribution in [0.5, 0.6) is 0 Å². The van der Waals surface area contributed by atoms with Crippen molar-refractivity contribution in [3.8, 4) is 22.4 Å². The molecule has 2 aromatic carbocycles. The van der Waals surface area contributed by atoms with Crippen LogP contribution in [0.1, 0.15) is 25.0 Å². The van der Waals surface area contributed by atoms with Gasteiger partial charge in [-0.25, -0.2) is 0 Å². The third-order valence-electron chi connectivity index (χ3n) is 4.39. The Morgan fingerprint density at radius 3 is 2.59 bits per heavy atom. The van der Waals surface area contributed by atoms with Crippen molar-refractivity contribution in [2.75, 3.05) is 0 Å². The molecule has 0 fully saturated rings. The van der Waals surface area contributed by atoms with Gasteiger partial charge in [0.1, 0.15) is 0 Å². The molecule has 0 spiro atoms. The molecule has 3 nitrogen and oxygen atoms in total. The van der Waals surface area contributed by atoms with E-state index in [2.05, 4.69) is 66.6 Å². The minimum Gasteiger partial charge on any atom is -0.265 e. The summed E-state index contributed by atoms with van der Waals surface area (Å²) in [6.07, 6.45) is 1.92. The van der Waals surface area contributed by atoms with E-state index in [1.54, 1.807) is 4.68 Å². The maximum absolute atomic E-state index is 4.19. The number of fused-ring (bicyclic) bond motifs is 3. The van der Waals surface area contributed by atoms with Crippen LogP contribution >= 0.6 is 0 Å². The van der Waals surface area contributed by atoms with E-state index in [0.717, 1.165) is 11.3 Å². The van der Waals surface area contributed by atoms with Crippen molar-refractivity contribution in [2.24, 2.45) is 7.05 Å². The van der Waals surface area contributed by atoms with Crippen molar-refractivity contribution in [3.05, 3.63) is 59.8 Å². The molecule has 0 amide bonds. The summed E-state index contributed by atoms with van der Waals surface area (Å²) in [5.74, 6) is 0. The quantitative estimate of drug-likeness (QED) is 0.511. The van der Waals surface area contributed by atoms with Crippen LogP contribution in [0.3, 0.4) is 0 Å². The van der Waals surface area contributed by atoms with E-state index in [0.29, 0.717) is 0 Å². The summed E-state index contributed by atoms with van der Waals surface area (Å²) in [5.41, 5.74) is 7.20. The molecule has 114 valence electrons. The summed E-state index contributed by atoms with van der Waals surface area (Å²) in [5, 5.41) is 8.20. The standard InChI is InChI=1S/C18H16N3.Pt/c1-18(2)15-7-5-4-6-13(15)14-9-8-12(10-16(14)18)17-11-21(3)20-19-17;/h4-7,9-11H,1-3H3;/q-1;. The molecule has 3 aromatic rings. The maximum atomic E-state index is 4.19. The van der Waals surface area contributed by atoms with Gasteiger partial charge in [0.25, 0.3) is 0 Å². The second kappa shape index (κ2) is 5.17. The van der Waals surface area contributed by atoms with E-state index in [9.17, 15) is 0 Å². The number of hydrogen-bond acceptors (Lipinski definition) is 2. The zero-order chi connectivity index (χ0) is 14.6. The monoisotopic (exact) mass is 469 g/mol. The Labute approximate surface area is 144 Å². The largest absolute Gasteiger partial charge is 0.265 e. The van der Waals surface area contributed by atoms with Crippen molar-refractivity contribution in [2.45, 2.75) is 19.3 Å². The molecular weight excluding hydrogens is 453 g/mol. The van der Waals surface area contributed by atoms with Gasteiger partial charge in [-0.3, -0.25) is 4.68 Å². The van der Waals surface area contributed by atoms with E-state index < -0.39 is 0 Å². The molecule has 4 rings (SSSR count). The van der Waals surface area contributed by atoms with E-state index in [1.807, 2.05) is 13.2 Å². The van der Waals surface area contributed by atoms with Crippen LogP contribution in [0.25, 0.3) is 22.4 Å². The first-order valence-corrected chi connectivity index (χ1v) is 7.10. The van der Waals surface area contributed by atoms with Crippen LogP contribution in [0.4, 0.5) is 0 Å². The van der Waals surface area contributed by atoms with Gasteiger partial charge in [-0.15, -0.1) is 29.3 Å². The van der Waals surface area contributed by atoms with E-state index >= 15 is 0 Å². The van der Waals surface area contributed by atoms with Gasteiger partial charge < -0.3 is 0 Å². The van der Waals surface area contributed by atoms with Crippen LogP contribution in [0.15, 0.2) is 42.6 Å². The fraction of sp³-hybridized carbons (Fsp3) is 0.222. The molecule has 0 saturated heterocycles. The first-order chi connectivity index (χ1) is 10.1. The molecule has 0 atom stereocenters. The number of hydrogen-bond donors (Lipinski definition) is 0. The average molecular weight is 469 g/mol. The number of aryl methyl sites for hydroxylation is 1. The number of rotatable bonds is 1. The van der Waals surface area contributed by atoms with Crippen LogP contribution in [0, 0.1) is 6.07 Å². The van der Waals surface area contributed by atoms with Crippen LogP contribution in [-0.4, -0.2) is 15.0 Å². The van der Waals surface area contributed by atoms with Gasteiger partial charge in [0.05, 0.1) is 0 Å². The van der Waals surface area contributed by atoms with Gasteiger partial charge in [0.2, 0.25) is 0 Å². The third-order valence-corrected chi connectivity index (χ3v) is 4.39. The summed E-state index contributed by atoms with van der Waals surface area (Å²) in [6.45, 7) is 4.55. The Bertz CT molecular complexity index is 849. The predicted molar refractivity (Wildman–Crippen MR) is 82.8 cm³/mol. The summed E-state index contributed by atoms with van der Waals surface area (Å²) >= 11 is 0. The molecule has 0 N–H and O–H groups in total. The van der Waals surface area contributed by atoms with E-state index in [1.165, 1.54) is 22.3 Å². The second-order valence-electron chi connectivity index (χ2n) is 6.12. The van der Waals surface area contributed by atoms with Gasteiger partial charge in [-0.05, 0) is 11.0 Å². The first kappa shape index (κ1) is 15.2. The Kier molecular flexibility index (Phi) is 3.57. The topological polar surface area (TPSA) is 30.7 Å². The molecule has 4 heteroatoms. The Morgan fingerprint density at radius 2 is 1.86 bits per heavy atom. The van der Waals surface area contributed by atoms with Crippen molar-refractivity contribution < 1.29 is 21.1 Å². The molecule has 22 heavy (non-hydrogen) atoms. The predicted octanol–water partition coefficient (Wildman–Crippen LogP) is 3.59. The molecule has 0 saturated carbocycles. The Hall–Kier alpha value is -1.73. The second-order valence-corrected chi connectivity index (χ2v) is 6.12. The summed E-state index contributed by atoms with van der Waals surface area (Å²) in [6, 6.07) is 16.3. The average Bonchev–Trinajstić information content (AvgIpc) is 3.01. The van der Waals surface area contributed by atoms with Crippen LogP contribution < -0.4 is 0 Å². The summed E-state index contributed by atoms with van der Waals surface area (Å²) in [7, 11) is 1.88. The fourth-order valence-corrected chi connectivity index (χ4v) is 3.26. The van der Waals surface area contributed by atoms with Crippen LogP contribution in [0.2, 0.25) is 0 Å². The molecule has 0 bridgehead atoms. The van der Waals surface area contributed by atoms with Gasteiger partial charge in [-0.1, -0.05) is 54.5 Å². The first-order valence-electron chi connectivity index (χ1n) is 7.10. The Morgan fingerprint density at radius 1 is 1.09 bits per heavy atom. The third kappa shape index (κ3) is 2.07. The molecule has 0 radical (unpaired) electrons. The molecule has 0 unspecified atom stereocenters. The minimum atomic E-state index is 0. The molecule has 1 aliphatic carbocycles. The molecule has 1 aliphatic rings. The van der Waals surface area contributed by atoms with E-state index in [-0.39, 0.29) is 26.5 Å².